The normalized spacial score (nSPS) is 23.6. The molecule has 2 aliphatic heterocycles. The van der Waals surface area contributed by atoms with E-state index in [1.807, 2.05) is 12.1 Å². The van der Waals surface area contributed by atoms with Crippen LogP contribution in [0.4, 0.5) is 19.3 Å². The van der Waals surface area contributed by atoms with Crippen molar-refractivity contribution in [2.75, 3.05) is 31.6 Å². The van der Waals surface area contributed by atoms with Crippen LogP contribution in [-0.4, -0.2) is 61.3 Å². The number of carbonyl (C=O) groups is 2. The van der Waals surface area contributed by atoms with Crippen molar-refractivity contribution in [3.63, 3.8) is 0 Å². The number of ether oxygens (including phenoxy) is 1. The Morgan fingerprint density at radius 3 is 2.40 bits per heavy atom. The largest absolute Gasteiger partial charge is 0.372 e. The Hall–Kier alpha value is -2.84. The number of Topliss-reactive ketones (excluding diaryl/α,β-unsaturated/α-hetero) is 1. The van der Waals surface area contributed by atoms with E-state index in [9.17, 15) is 18.4 Å². The van der Waals surface area contributed by atoms with Crippen LogP contribution < -0.4 is 10.6 Å². The van der Waals surface area contributed by atoms with Crippen molar-refractivity contribution in [1.82, 2.24) is 10.2 Å². The number of anilines is 1. The summed E-state index contributed by atoms with van der Waals surface area (Å²) in [6.07, 6.45) is 1.81. The van der Waals surface area contributed by atoms with Crippen LogP contribution >= 0.6 is 0 Å². The molecule has 2 aromatic rings. The number of halogens is 2. The second-order valence-corrected chi connectivity index (χ2v) is 9.62. The van der Waals surface area contributed by atoms with E-state index in [0.717, 1.165) is 37.9 Å². The molecule has 3 atom stereocenters. The number of hydrogen-bond acceptors (Lipinski definition) is 4. The van der Waals surface area contributed by atoms with Gasteiger partial charge in [-0.25, -0.2) is 13.6 Å². The Morgan fingerprint density at radius 1 is 1.06 bits per heavy atom. The Morgan fingerprint density at radius 2 is 1.74 bits per heavy atom. The molecule has 2 aliphatic rings. The standard InChI is InChI=1S/C27H33F2N3O3/c1-18(33)21-4-8-24(9-5-21)30-27(34)31-25-15-23(29)17-35-26(25)16-32-12-10-20(11-13-32)14-19-2-6-22(28)7-3-19/h2-9,20,23,25-26H,10-17H2,1H3,(H2,30,31,34)/t23-,25-,26-/m1/s1. The fourth-order valence-electron chi connectivity index (χ4n) is 4.88. The smallest absolute Gasteiger partial charge is 0.319 e. The first-order valence-corrected chi connectivity index (χ1v) is 12.3. The first-order valence-electron chi connectivity index (χ1n) is 12.3. The van der Waals surface area contributed by atoms with Gasteiger partial charge in [-0.2, -0.15) is 0 Å². The van der Waals surface area contributed by atoms with Gasteiger partial charge in [0.2, 0.25) is 0 Å². The van der Waals surface area contributed by atoms with Gasteiger partial charge < -0.3 is 20.3 Å². The van der Waals surface area contributed by atoms with Crippen LogP contribution in [0.15, 0.2) is 48.5 Å². The molecule has 0 radical (unpaired) electrons. The molecule has 2 aromatic carbocycles. The number of likely N-dealkylation sites (tertiary alicyclic amines) is 1. The number of urea groups is 1. The number of piperidine rings is 1. The van der Waals surface area contributed by atoms with Gasteiger partial charge in [0, 0.05) is 24.2 Å². The first-order chi connectivity index (χ1) is 16.9. The van der Waals surface area contributed by atoms with E-state index in [1.165, 1.54) is 19.1 Å². The lowest BCUT2D eigenvalue weighted by atomic mass is 9.89. The number of carbonyl (C=O) groups excluding carboxylic acids is 2. The lowest BCUT2D eigenvalue weighted by Crippen LogP contribution is -2.55. The second-order valence-electron chi connectivity index (χ2n) is 9.62. The molecule has 2 heterocycles. The molecule has 0 aliphatic carbocycles. The maximum Gasteiger partial charge on any atom is 0.319 e. The Labute approximate surface area is 205 Å². The third kappa shape index (κ3) is 7.32. The maximum absolute atomic E-state index is 14.1. The van der Waals surface area contributed by atoms with E-state index >= 15 is 0 Å². The predicted octanol–water partition coefficient (Wildman–Crippen LogP) is 4.60. The summed E-state index contributed by atoms with van der Waals surface area (Å²) in [5.41, 5.74) is 2.28. The minimum absolute atomic E-state index is 0.0397. The zero-order valence-corrected chi connectivity index (χ0v) is 20.0. The van der Waals surface area contributed by atoms with Gasteiger partial charge in [-0.05, 0) is 87.2 Å². The fourth-order valence-corrected chi connectivity index (χ4v) is 4.88. The monoisotopic (exact) mass is 485 g/mol. The van der Waals surface area contributed by atoms with E-state index in [2.05, 4.69) is 15.5 Å². The number of rotatable bonds is 7. The molecule has 2 saturated heterocycles. The van der Waals surface area contributed by atoms with E-state index in [-0.39, 0.29) is 30.7 Å². The van der Waals surface area contributed by atoms with Crippen LogP contribution in [0.25, 0.3) is 0 Å². The molecule has 188 valence electrons. The summed E-state index contributed by atoms with van der Waals surface area (Å²) in [4.78, 5) is 26.3. The van der Waals surface area contributed by atoms with E-state index < -0.39 is 18.2 Å². The van der Waals surface area contributed by atoms with Crippen LogP contribution in [0.2, 0.25) is 0 Å². The molecule has 2 fully saturated rings. The van der Waals surface area contributed by atoms with Crippen molar-refractivity contribution in [3.05, 3.63) is 65.5 Å². The molecular weight excluding hydrogens is 452 g/mol. The highest BCUT2D eigenvalue weighted by atomic mass is 19.1. The molecule has 8 heteroatoms. The predicted molar refractivity (Wildman–Crippen MR) is 131 cm³/mol. The third-order valence-electron chi connectivity index (χ3n) is 6.90. The van der Waals surface area contributed by atoms with Gasteiger partial charge in [-0.3, -0.25) is 4.79 Å². The summed E-state index contributed by atoms with van der Waals surface area (Å²) in [5, 5.41) is 5.63. The first kappa shape index (κ1) is 25.3. The van der Waals surface area contributed by atoms with E-state index in [4.69, 9.17) is 4.74 Å². The number of ketones is 1. The molecule has 35 heavy (non-hydrogen) atoms. The zero-order valence-electron chi connectivity index (χ0n) is 20.0. The second kappa shape index (κ2) is 11.7. The Kier molecular flexibility index (Phi) is 8.46. The van der Waals surface area contributed by atoms with Crippen LogP contribution in [0.5, 0.6) is 0 Å². The third-order valence-corrected chi connectivity index (χ3v) is 6.90. The van der Waals surface area contributed by atoms with Crippen molar-refractivity contribution < 1.29 is 23.1 Å². The summed E-state index contributed by atoms with van der Waals surface area (Å²) < 4.78 is 33.0. The topological polar surface area (TPSA) is 70.7 Å². The van der Waals surface area contributed by atoms with Crippen molar-refractivity contribution in [2.45, 2.75) is 50.9 Å². The Bertz CT molecular complexity index is 992. The number of alkyl halides is 1. The summed E-state index contributed by atoms with van der Waals surface area (Å²) in [5.74, 6) is 0.291. The minimum Gasteiger partial charge on any atom is -0.372 e. The van der Waals surface area contributed by atoms with Crippen molar-refractivity contribution in [2.24, 2.45) is 5.92 Å². The van der Waals surface area contributed by atoms with Gasteiger partial charge >= 0.3 is 6.03 Å². The van der Waals surface area contributed by atoms with Crippen molar-refractivity contribution >= 4 is 17.5 Å². The van der Waals surface area contributed by atoms with Gasteiger partial charge in [-0.15, -0.1) is 0 Å². The SMILES string of the molecule is CC(=O)c1ccc(NC(=O)N[C@@H]2C[C@@H](F)CO[C@@H]2CN2CCC(Cc3ccc(F)cc3)CC2)cc1. The molecule has 0 aromatic heterocycles. The van der Waals surface area contributed by atoms with Crippen LogP contribution in [-0.2, 0) is 11.2 Å². The van der Waals surface area contributed by atoms with Gasteiger partial charge in [0.15, 0.2) is 5.78 Å². The minimum atomic E-state index is -1.12. The summed E-state index contributed by atoms with van der Waals surface area (Å²) in [6, 6.07) is 12.5. The van der Waals surface area contributed by atoms with Gasteiger partial charge in [-0.1, -0.05) is 12.1 Å². The molecule has 0 saturated carbocycles. The lowest BCUT2D eigenvalue weighted by molar-refractivity contribution is -0.0615. The van der Waals surface area contributed by atoms with Gasteiger partial charge in [0.1, 0.15) is 12.0 Å². The molecular formula is C27H33F2N3O3. The highest BCUT2D eigenvalue weighted by molar-refractivity contribution is 5.95. The molecule has 2 N–H and O–H groups in total. The number of nitrogens with zero attached hydrogens (tertiary/aromatic N) is 1. The summed E-state index contributed by atoms with van der Waals surface area (Å²) in [6.45, 7) is 3.98. The fraction of sp³-hybridized carbons (Fsp3) is 0.481. The average molecular weight is 486 g/mol. The van der Waals surface area contributed by atoms with Crippen LogP contribution in [0.3, 0.4) is 0 Å². The lowest BCUT2D eigenvalue weighted by Gasteiger charge is -2.39. The Balaban J connectivity index is 1.26. The van der Waals surface area contributed by atoms with E-state index in [0.29, 0.717) is 23.7 Å². The van der Waals surface area contributed by atoms with Crippen molar-refractivity contribution in [1.29, 1.82) is 0 Å². The van der Waals surface area contributed by atoms with Gasteiger partial charge in [0.05, 0.1) is 18.8 Å². The summed E-state index contributed by atoms with van der Waals surface area (Å²) in [7, 11) is 0. The van der Waals surface area contributed by atoms with Crippen LogP contribution in [0, 0.1) is 11.7 Å². The maximum atomic E-state index is 14.1. The summed E-state index contributed by atoms with van der Waals surface area (Å²) >= 11 is 0. The van der Waals surface area contributed by atoms with Crippen molar-refractivity contribution in [3.8, 4) is 0 Å². The quantitative estimate of drug-likeness (QED) is 0.563. The number of benzene rings is 2. The average Bonchev–Trinajstić information content (AvgIpc) is 2.84. The van der Waals surface area contributed by atoms with Gasteiger partial charge in [0.25, 0.3) is 0 Å². The number of nitrogens with one attached hydrogen (secondary N) is 2. The molecule has 0 unspecified atom stereocenters. The molecule has 0 spiro atoms. The number of hydrogen-bond donors (Lipinski definition) is 2. The van der Waals surface area contributed by atoms with Crippen LogP contribution in [0.1, 0.15) is 42.1 Å². The number of amides is 2. The zero-order chi connectivity index (χ0) is 24.8. The van der Waals surface area contributed by atoms with E-state index in [1.54, 1.807) is 24.3 Å². The highest BCUT2D eigenvalue weighted by Gasteiger charge is 2.34. The molecule has 6 nitrogen and oxygen atoms in total. The molecule has 4 rings (SSSR count). The molecule has 0 bridgehead atoms. The molecule has 2 amide bonds. The highest BCUT2D eigenvalue weighted by Crippen LogP contribution is 2.24.